The molecule has 1 aliphatic heterocycles. The summed E-state index contributed by atoms with van der Waals surface area (Å²) in [5.41, 5.74) is 3.99. The molecule has 2 heterocycles. The fraction of sp³-hybridized carbons (Fsp3) is 0.688. The third kappa shape index (κ3) is 3.55. The van der Waals surface area contributed by atoms with Gasteiger partial charge < -0.3 is 4.90 Å². The lowest BCUT2D eigenvalue weighted by atomic mass is 10.0. The lowest BCUT2D eigenvalue weighted by Crippen LogP contribution is -2.31. The Kier molecular flexibility index (Phi) is 4.76. The molecule has 0 bridgehead atoms. The molecule has 1 fully saturated rings. The predicted octanol–water partition coefficient (Wildman–Crippen LogP) is 3.54. The van der Waals surface area contributed by atoms with E-state index in [1.807, 2.05) is 0 Å². The summed E-state index contributed by atoms with van der Waals surface area (Å²) in [4.78, 5) is 7.22. The summed E-state index contributed by atoms with van der Waals surface area (Å²) in [6, 6.07) is 2.33. The molecule has 0 N–H and O–H groups in total. The minimum absolute atomic E-state index is 0.529. The molecule has 0 radical (unpaired) electrons. The van der Waals surface area contributed by atoms with Crippen molar-refractivity contribution in [2.75, 3.05) is 19.6 Å². The van der Waals surface area contributed by atoms with E-state index >= 15 is 0 Å². The third-order valence-electron chi connectivity index (χ3n) is 3.89. The quantitative estimate of drug-likeness (QED) is 0.808. The fourth-order valence-corrected chi connectivity index (χ4v) is 2.85. The molecule has 0 aromatic carbocycles. The summed E-state index contributed by atoms with van der Waals surface area (Å²) < 4.78 is 0. The van der Waals surface area contributed by atoms with Crippen LogP contribution in [0.4, 0.5) is 0 Å². The Hall–Kier alpha value is -0.890. The highest BCUT2D eigenvalue weighted by atomic mass is 15.1. The summed E-state index contributed by atoms with van der Waals surface area (Å²) in [6.07, 6.45) is 7.39. The number of hydrogen-bond acceptors (Lipinski definition) is 2. The summed E-state index contributed by atoms with van der Waals surface area (Å²) in [5.74, 6) is 0.529. The Morgan fingerprint density at radius 1 is 1.22 bits per heavy atom. The Balaban J connectivity index is 1.91. The first-order valence-corrected chi connectivity index (χ1v) is 7.34. The topological polar surface area (TPSA) is 16.1 Å². The highest BCUT2D eigenvalue weighted by Crippen LogP contribution is 2.17. The van der Waals surface area contributed by atoms with Gasteiger partial charge in [-0.2, -0.15) is 0 Å². The lowest BCUT2D eigenvalue weighted by molar-refractivity contribution is 0.231. The van der Waals surface area contributed by atoms with Crippen LogP contribution < -0.4 is 0 Å². The second-order valence-corrected chi connectivity index (χ2v) is 5.85. The minimum atomic E-state index is 0.529. The van der Waals surface area contributed by atoms with Gasteiger partial charge in [0, 0.05) is 18.4 Å². The van der Waals surface area contributed by atoms with Gasteiger partial charge in [0.15, 0.2) is 0 Å². The van der Waals surface area contributed by atoms with Gasteiger partial charge in [0.1, 0.15) is 0 Å². The largest absolute Gasteiger partial charge is 0.303 e. The molecule has 0 aliphatic carbocycles. The van der Waals surface area contributed by atoms with Gasteiger partial charge in [0.05, 0.1) is 0 Å². The van der Waals surface area contributed by atoms with Gasteiger partial charge in [0.25, 0.3) is 0 Å². The summed E-state index contributed by atoms with van der Waals surface area (Å²) in [6.45, 7) is 10.4. The van der Waals surface area contributed by atoms with Crippen molar-refractivity contribution in [2.45, 2.75) is 52.4 Å². The van der Waals surface area contributed by atoms with E-state index in [9.17, 15) is 0 Å². The van der Waals surface area contributed by atoms with Crippen LogP contribution in [0, 0.1) is 6.92 Å². The Morgan fingerprint density at radius 2 is 1.94 bits per heavy atom. The van der Waals surface area contributed by atoms with Crippen molar-refractivity contribution < 1.29 is 0 Å². The predicted molar refractivity (Wildman–Crippen MR) is 77.1 cm³/mol. The molecular formula is C16H26N2. The van der Waals surface area contributed by atoms with Crippen molar-refractivity contribution in [3.8, 4) is 0 Å². The highest BCUT2D eigenvalue weighted by Gasteiger charge is 2.10. The van der Waals surface area contributed by atoms with Crippen LogP contribution in [0.1, 0.15) is 55.8 Å². The number of nitrogens with zero attached hydrogens (tertiary/aromatic N) is 2. The number of pyridine rings is 1. The van der Waals surface area contributed by atoms with Gasteiger partial charge in [-0.25, -0.2) is 0 Å². The van der Waals surface area contributed by atoms with Gasteiger partial charge in [-0.1, -0.05) is 26.3 Å². The summed E-state index contributed by atoms with van der Waals surface area (Å²) in [5, 5.41) is 0. The summed E-state index contributed by atoms with van der Waals surface area (Å²) >= 11 is 0. The first-order chi connectivity index (χ1) is 8.66. The molecule has 0 atom stereocenters. The molecule has 1 aliphatic rings. The smallest absolute Gasteiger partial charge is 0.0458 e. The van der Waals surface area contributed by atoms with E-state index in [2.05, 4.69) is 42.9 Å². The van der Waals surface area contributed by atoms with E-state index in [1.54, 1.807) is 0 Å². The highest BCUT2D eigenvalue weighted by molar-refractivity contribution is 5.26. The van der Waals surface area contributed by atoms with Crippen molar-refractivity contribution in [3.63, 3.8) is 0 Å². The molecule has 1 saturated heterocycles. The first-order valence-electron chi connectivity index (χ1n) is 7.34. The zero-order valence-corrected chi connectivity index (χ0v) is 12.1. The molecule has 2 heteroatoms. The van der Waals surface area contributed by atoms with Crippen LogP contribution in [-0.4, -0.2) is 29.5 Å². The molecule has 100 valence electrons. The zero-order chi connectivity index (χ0) is 13.0. The van der Waals surface area contributed by atoms with E-state index in [4.69, 9.17) is 0 Å². The second kappa shape index (κ2) is 6.33. The standard InChI is InChI=1S/C16H26N2/c1-13(2)16-14(3)11-15(12-17-16)7-10-18-8-5-4-6-9-18/h11-13H,4-10H2,1-3H3. The zero-order valence-electron chi connectivity index (χ0n) is 12.1. The summed E-state index contributed by atoms with van der Waals surface area (Å²) in [7, 11) is 0. The van der Waals surface area contributed by atoms with Crippen LogP contribution in [0.15, 0.2) is 12.3 Å². The lowest BCUT2D eigenvalue weighted by Gasteiger charge is -2.26. The van der Waals surface area contributed by atoms with Crippen molar-refractivity contribution in [1.29, 1.82) is 0 Å². The normalized spacial score (nSPS) is 17.3. The molecule has 1 aromatic heterocycles. The molecule has 2 nitrogen and oxygen atoms in total. The molecule has 0 spiro atoms. The molecule has 0 unspecified atom stereocenters. The Bertz CT molecular complexity index is 379. The van der Waals surface area contributed by atoms with E-state index in [-0.39, 0.29) is 0 Å². The van der Waals surface area contributed by atoms with Crippen LogP contribution in [0.25, 0.3) is 0 Å². The fourth-order valence-electron chi connectivity index (χ4n) is 2.85. The maximum atomic E-state index is 4.62. The maximum absolute atomic E-state index is 4.62. The Morgan fingerprint density at radius 3 is 2.56 bits per heavy atom. The number of rotatable bonds is 4. The van der Waals surface area contributed by atoms with Crippen LogP contribution in [-0.2, 0) is 6.42 Å². The van der Waals surface area contributed by atoms with Crippen molar-refractivity contribution >= 4 is 0 Å². The van der Waals surface area contributed by atoms with E-state index < -0.39 is 0 Å². The van der Waals surface area contributed by atoms with E-state index in [0.29, 0.717) is 5.92 Å². The van der Waals surface area contributed by atoms with E-state index in [0.717, 1.165) is 6.42 Å². The number of aryl methyl sites for hydroxylation is 1. The SMILES string of the molecule is Cc1cc(CCN2CCCCC2)cnc1C(C)C. The monoisotopic (exact) mass is 246 g/mol. The van der Waals surface area contributed by atoms with Crippen LogP contribution >= 0.6 is 0 Å². The van der Waals surface area contributed by atoms with Gasteiger partial charge in [-0.3, -0.25) is 4.98 Å². The molecular weight excluding hydrogens is 220 g/mol. The minimum Gasteiger partial charge on any atom is -0.303 e. The third-order valence-corrected chi connectivity index (χ3v) is 3.89. The van der Waals surface area contributed by atoms with Crippen LogP contribution in [0.3, 0.4) is 0 Å². The first kappa shape index (κ1) is 13.5. The van der Waals surface area contributed by atoms with Crippen molar-refractivity contribution in [1.82, 2.24) is 9.88 Å². The van der Waals surface area contributed by atoms with Crippen LogP contribution in [0.2, 0.25) is 0 Å². The van der Waals surface area contributed by atoms with Gasteiger partial charge >= 0.3 is 0 Å². The van der Waals surface area contributed by atoms with Gasteiger partial charge in [-0.05, 0) is 56.3 Å². The van der Waals surface area contributed by atoms with Crippen molar-refractivity contribution in [3.05, 3.63) is 29.1 Å². The average molecular weight is 246 g/mol. The van der Waals surface area contributed by atoms with Gasteiger partial charge in [0.2, 0.25) is 0 Å². The average Bonchev–Trinajstić information content (AvgIpc) is 2.37. The maximum Gasteiger partial charge on any atom is 0.0458 e. The number of aromatic nitrogens is 1. The van der Waals surface area contributed by atoms with Crippen molar-refractivity contribution in [2.24, 2.45) is 0 Å². The Labute approximate surface area is 111 Å². The number of hydrogen-bond donors (Lipinski definition) is 0. The molecule has 0 amide bonds. The number of piperidine rings is 1. The van der Waals surface area contributed by atoms with Crippen LogP contribution in [0.5, 0.6) is 0 Å². The second-order valence-electron chi connectivity index (χ2n) is 5.85. The molecule has 1 aromatic rings. The molecule has 18 heavy (non-hydrogen) atoms. The van der Waals surface area contributed by atoms with E-state index in [1.165, 1.54) is 55.7 Å². The molecule has 0 saturated carbocycles. The number of likely N-dealkylation sites (tertiary alicyclic amines) is 1. The van der Waals surface area contributed by atoms with Gasteiger partial charge in [-0.15, -0.1) is 0 Å². The molecule has 2 rings (SSSR count).